The number of aliphatic hydroxyl groups is 1. The van der Waals surface area contributed by atoms with Crippen LogP contribution in [-0.4, -0.2) is 44.6 Å². The summed E-state index contributed by atoms with van der Waals surface area (Å²) >= 11 is 0. The molecule has 0 amide bonds. The Morgan fingerprint density at radius 2 is 2.09 bits per heavy atom. The van der Waals surface area contributed by atoms with Crippen molar-refractivity contribution >= 4 is 23.3 Å². The van der Waals surface area contributed by atoms with Gasteiger partial charge in [0, 0.05) is 30.3 Å². The fourth-order valence-corrected chi connectivity index (χ4v) is 3.55. The van der Waals surface area contributed by atoms with Gasteiger partial charge in [0.1, 0.15) is 35.3 Å². The van der Waals surface area contributed by atoms with Gasteiger partial charge in [-0.25, -0.2) is 22.5 Å². The molecule has 1 aliphatic heterocycles. The average molecular weight is 444 g/mol. The maximum absolute atomic E-state index is 13.7. The van der Waals surface area contributed by atoms with Crippen LogP contribution in [0.5, 0.6) is 0 Å². The third-order valence-corrected chi connectivity index (χ3v) is 5.04. The first-order valence-corrected chi connectivity index (χ1v) is 9.49. The molecule has 2 aliphatic rings. The van der Waals surface area contributed by atoms with Gasteiger partial charge < -0.3 is 10.0 Å². The average Bonchev–Trinajstić information content (AvgIpc) is 3.10. The number of anilines is 1. The molecule has 32 heavy (non-hydrogen) atoms. The predicted molar refractivity (Wildman–Crippen MR) is 110 cm³/mol. The van der Waals surface area contributed by atoms with Crippen molar-refractivity contribution in [3.63, 3.8) is 0 Å². The van der Waals surface area contributed by atoms with E-state index in [1.165, 1.54) is 12.2 Å². The van der Waals surface area contributed by atoms with E-state index in [1.807, 2.05) is 0 Å². The van der Waals surface area contributed by atoms with Crippen LogP contribution in [0.4, 0.5) is 23.4 Å². The van der Waals surface area contributed by atoms with Crippen molar-refractivity contribution in [1.29, 1.82) is 5.26 Å². The van der Waals surface area contributed by atoms with Crippen LogP contribution >= 0.6 is 0 Å². The van der Waals surface area contributed by atoms with Crippen molar-refractivity contribution in [2.45, 2.75) is 19.5 Å². The highest BCUT2D eigenvalue weighted by Crippen LogP contribution is 2.34. The Kier molecular flexibility index (Phi) is 5.63. The van der Waals surface area contributed by atoms with Crippen LogP contribution in [0.1, 0.15) is 28.9 Å². The number of nitrogens with zero attached hydrogens (tertiary/aromatic N) is 6. The minimum Gasteiger partial charge on any atom is -0.389 e. The highest BCUT2D eigenvalue weighted by Gasteiger charge is 2.32. The van der Waals surface area contributed by atoms with Crippen LogP contribution in [0, 0.1) is 18.3 Å². The molecule has 2 aromatic heterocycles. The summed E-state index contributed by atoms with van der Waals surface area (Å²) in [6.45, 7) is 2.07. The fourth-order valence-electron chi connectivity index (χ4n) is 3.55. The first kappa shape index (κ1) is 21.5. The number of hydrogen-bond donors (Lipinski definition) is 1. The summed E-state index contributed by atoms with van der Waals surface area (Å²) in [4.78, 5) is 9.92. The van der Waals surface area contributed by atoms with Gasteiger partial charge in [-0.1, -0.05) is 0 Å². The Morgan fingerprint density at radius 1 is 1.34 bits per heavy atom. The Bertz CT molecular complexity index is 1280. The van der Waals surface area contributed by atoms with Gasteiger partial charge in [0.05, 0.1) is 23.7 Å². The second-order valence-electron chi connectivity index (χ2n) is 7.15. The van der Waals surface area contributed by atoms with E-state index in [0.717, 1.165) is 16.8 Å². The molecule has 1 fully saturated rings. The van der Waals surface area contributed by atoms with Crippen LogP contribution in [0.15, 0.2) is 47.2 Å². The SMILES string of the molecule is Cc1nc2c(C#N)c(C(F)F)nn2c(N2CC(O)C2)c1\C=C1/C=CC(F)=C/C1=N\C=C\F. The van der Waals surface area contributed by atoms with E-state index in [1.54, 1.807) is 24.0 Å². The highest BCUT2D eigenvalue weighted by atomic mass is 19.3. The fraction of sp³-hybridized carbons (Fsp3) is 0.238. The lowest BCUT2D eigenvalue weighted by atomic mass is 10.00. The number of hydrogen-bond acceptors (Lipinski definition) is 6. The lowest BCUT2D eigenvalue weighted by molar-refractivity contribution is 0.139. The molecule has 11 heteroatoms. The molecule has 0 radical (unpaired) electrons. The number of β-amino-alcohol motifs (C(OH)–C–C–N with tert-alkyl or cyclic N) is 1. The molecular weight excluding hydrogens is 428 g/mol. The maximum atomic E-state index is 13.7. The van der Waals surface area contributed by atoms with Crippen molar-refractivity contribution < 1.29 is 22.7 Å². The highest BCUT2D eigenvalue weighted by molar-refractivity contribution is 6.15. The topological polar surface area (TPSA) is 89.8 Å². The third kappa shape index (κ3) is 3.69. The molecule has 3 heterocycles. The van der Waals surface area contributed by atoms with Crippen LogP contribution in [0.2, 0.25) is 0 Å². The first-order chi connectivity index (χ1) is 15.3. The minimum atomic E-state index is -2.98. The Balaban J connectivity index is 1.98. The Labute approximate surface area is 179 Å². The zero-order chi connectivity index (χ0) is 23.0. The first-order valence-electron chi connectivity index (χ1n) is 9.49. The van der Waals surface area contributed by atoms with E-state index in [-0.39, 0.29) is 36.3 Å². The van der Waals surface area contributed by atoms with E-state index < -0.39 is 24.1 Å². The van der Waals surface area contributed by atoms with Crippen molar-refractivity contribution in [3.05, 3.63) is 64.7 Å². The second kappa shape index (κ2) is 8.39. The van der Waals surface area contributed by atoms with E-state index in [0.29, 0.717) is 22.6 Å². The smallest absolute Gasteiger partial charge is 0.283 e. The van der Waals surface area contributed by atoms with E-state index >= 15 is 0 Å². The lowest BCUT2D eigenvalue weighted by Crippen LogP contribution is -2.52. The number of nitriles is 1. The summed E-state index contributed by atoms with van der Waals surface area (Å²) in [5.74, 6) is -0.227. The van der Waals surface area contributed by atoms with Gasteiger partial charge in [0.2, 0.25) is 0 Å². The number of rotatable bonds is 4. The molecule has 0 unspecified atom stereocenters. The molecule has 7 nitrogen and oxygen atoms in total. The van der Waals surface area contributed by atoms with Crippen LogP contribution < -0.4 is 4.90 Å². The van der Waals surface area contributed by atoms with Crippen LogP contribution in [0.3, 0.4) is 0 Å². The molecule has 1 saturated heterocycles. The molecule has 164 valence electrons. The standard InChI is InChI=1S/C21H16F4N6O/c1-11-15(6-12-2-3-13(23)7-17(12)27-5-4-22)21(30-9-14(32)10-30)31-20(28-11)16(8-26)18(29-31)19(24)25/h2-7,14,19,32H,9-10H2,1H3/b5-4+,12-6+,27-17+. The Hall–Kier alpha value is -3.78. The van der Waals surface area contributed by atoms with Gasteiger partial charge >= 0.3 is 0 Å². The number of aromatic nitrogens is 3. The second-order valence-corrected chi connectivity index (χ2v) is 7.15. The van der Waals surface area contributed by atoms with Crippen molar-refractivity contribution in [3.8, 4) is 6.07 Å². The summed E-state index contributed by atoms with van der Waals surface area (Å²) in [5, 5.41) is 23.1. The molecule has 0 atom stereocenters. The van der Waals surface area contributed by atoms with Crippen molar-refractivity contribution in [2.75, 3.05) is 18.0 Å². The number of aliphatic imine (C=N–C) groups is 1. The van der Waals surface area contributed by atoms with Gasteiger partial charge in [0.15, 0.2) is 5.65 Å². The van der Waals surface area contributed by atoms with Gasteiger partial charge in [-0.3, -0.25) is 4.99 Å². The predicted octanol–water partition coefficient (Wildman–Crippen LogP) is 3.72. The summed E-state index contributed by atoms with van der Waals surface area (Å²) in [7, 11) is 0. The monoisotopic (exact) mass is 444 g/mol. The number of allylic oxidation sites excluding steroid dienone is 5. The van der Waals surface area contributed by atoms with E-state index in [2.05, 4.69) is 15.1 Å². The summed E-state index contributed by atoms with van der Waals surface area (Å²) in [5.41, 5.74) is 0.342. The molecule has 0 bridgehead atoms. The largest absolute Gasteiger partial charge is 0.389 e. The number of fused-ring (bicyclic) bond motifs is 1. The van der Waals surface area contributed by atoms with Crippen molar-refractivity contribution in [1.82, 2.24) is 14.6 Å². The van der Waals surface area contributed by atoms with E-state index in [4.69, 9.17) is 0 Å². The molecular formula is C21H16F4N6O. The van der Waals surface area contributed by atoms with Crippen LogP contribution in [-0.2, 0) is 0 Å². The molecule has 4 rings (SSSR count). The number of alkyl halides is 2. The van der Waals surface area contributed by atoms with Gasteiger partial charge in [0.25, 0.3) is 6.43 Å². The molecule has 1 N–H and O–H groups in total. The molecule has 0 spiro atoms. The summed E-state index contributed by atoms with van der Waals surface area (Å²) in [6, 6.07) is 1.74. The normalized spacial score (nSPS) is 19.4. The molecule has 2 aromatic rings. The molecule has 0 aromatic carbocycles. The summed E-state index contributed by atoms with van der Waals surface area (Å²) < 4.78 is 54.3. The van der Waals surface area contributed by atoms with Gasteiger partial charge in [-0.15, -0.1) is 0 Å². The maximum Gasteiger partial charge on any atom is 0.283 e. The summed E-state index contributed by atoms with van der Waals surface area (Å²) in [6.07, 6.45) is 2.84. The van der Waals surface area contributed by atoms with Gasteiger partial charge in [-0.2, -0.15) is 14.9 Å². The van der Waals surface area contributed by atoms with E-state index in [9.17, 15) is 27.9 Å². The number of aryl methyl sites for hydroxylation is 1. The molecule has 1 aliphatic carbocycles. The number of aliphatic hydroxyl groups excluding tert-OH is 1. The van der Waals surface area contributed by atoms with Crippen molar-refractivity contribution in [2.24, 2.45) is 4.99 Å². The minimum absolute atomic E-state index is 0.0294. The Morgan fingerprint density at radius 3 is 2.72 bits per heavy atom. The third-order valence-electron chi connectivity index (χ3n) is 5.04. The van der Waals surface area contributed by atoms with Crippen LogP contribution in [0.25, 0.3) is 11.7 Å². The zero-order valence-electron chi connectivity index (χ0n) is 16.7. The quantitative estimate of drug-likeness (QED) is 0.727. The zero-order valence-corrected chi connectivity index (χ0v) is 16.7. The van der Waals surface area contributed by atoms with Gasteiger partial charge in [-0.05, 0) is 25.2 Å². The number of halogens is 4. The lowest BCUT2D eigenvalue weighted by Gasteiger charge is -2.38. The molecule has 0 saturated carbocycles.